The van der Waals surface area contributed by atoms with Gasteiger partial charge in [-0.25, -0.2) is 0 Å². The van der Waals surface area contributed by atoms with E-state index in [4.69, 9.17) is 9.47 Å². The zero-order valence-electron chi connectivity index (χ0n) is 12.1. The van der Waals surface area contributed by atoms with E-state index in [-0.39, 0.29) is 13.2 Å². The number of H-pyrrole nitrogens is 1. The van der Waals surface area contributed by atoms with Crippen LogP contribution in [0.5, 0.6) is 0 Å². The number of carbonyl (C=O) groups is 2. The fourth-order valence-corrected chi connectivity index (χ4v) is 3.56. The van der Waals surface area contributed by atoms with Crippen LogP contribution in [0.3, 0.4) is 0 Å². The molecule has 0 amide bonds. The number of nitrogens with one attached hydrogen (secondary N) is 1. The number of benzene rings is 1. The van der Waals surface area contributed by atoms with Crippen LogP contribution < -0.4 is 0 Å². The van der Waals surface area contributed by atoms with Crippen molar-refractivity contribution >= 4 is 54.7 Å². The van der Waals surface area contributed by atoms with Crippen LogP contribution in [-0.4, -0.2) is 30.1 Å². The molecule has 0 fully saturated rings. The summed E-state index contributed by atoms with van der Waals surface area (Å²) in [5.41, 5.74) is 1.34. The lowest BCUT2D eigenvalue weighted by Gasteiger charge is -2.14. The van der Waals surface area contributed by atoms with Gasteiger partial charge >= 0.3 is 11.9 Å². The molecule has 0 saturated carbocycles. The minimum Gasteiger partial charge on any atom is -0.465 e. The molecule has 1 heterocycles. The first-order chi connectivity index (χ1) is 10.5. The van der Waals surface area contributed by atoms with Crippen LogP contribution in [0.2, 0.25) is 0 Å². The fourth-order valence-electron chi connectivity index (χ4n) is 2.22. The zero-order chi connectivity index (χ0) is 16.3. The fraction of sp³-hybridized carbons (Fsp3) is 0.333. The molecular weight excluding hydrogens is 418 g/mol. The summed E-state index contributed by atoms with van der Waals surface area (Å²) in [6.45, 7) is 3.79. The Hall–Kier alpha value is -1.34. The number of halogens is 2. The van der Waals surface area contributed by atoms with Crippen molar-refractivity contribution in [3.8, 4) is 0 Å². The monoisotopic (exact) mass is 431 g/mol. The molecule has 1 aromatic carbocycles. The van der Waals surface area contributed by atoms with Gasteiger partial charge in [0.15, 0.2) is 5.92 Å². The van der Waals surface area contributed by atoms with E-state index < -0.39 is 17.9 Å². The molecule has 118 valence electrons. The lowest BCUT2D eigenvalue weighted by atomic mass is 9.98. The van der Waals surface area contributed by atoms with Crippen molar-refractivity contribution in [1.82, 2.24) is 4.98 Å². The quantitative estimate of drug-likeness (QED) is 0.574. The van der Waals surface area contributed by atoms with E-state index in [1.165, 1.54) is 0 Å². The second-order valence-corrected chi connectivity index (χ2v) is 6.26. The van der Waals surface area contributed by atoms with Gasteiger partial charge in [-0.2, -0.15) is 0 Å². The van der Waals surface area contributed by atoms with E-state index in [2.05, 4.69) is 36.8 Å². The van der Waals surface area contributed by atoms with Gasteiger partial charge in [-0.15, -0.1) is 0 Å². The molecule has 0 aliphatic carbocycles. The third-order valence-corrected chi connectivity index (χ3v) is 4.18. The summed E-state index contributed by atoms with van der Waals surface area (Å²) >= 11 is 6.86. The van der Waals surface area contributed by atoms with Gasteiger partial charge in [0.25, 0.3) is 0 Å². The van der Waals surface area contributed by atoms with Gasteiger partial charge in [-0.05, 0) is 41.9 Å². The smallest absolute Gasteiger partial charge is 0.324 e. The molecule has 2 aromatic rings. The zero-order valence-corrected chi connectivity index (χ0v) is 15.3. The first-order valence-electron chi connectivity index (χ1n) is 6.78. The topological polar surface area (TPSA) is 68.4 Å². The molecule has 1 aromatic heterocycles. The number of aromatic nitrogens is 1. The standard InChI is InChI=1S/C15H15Br2NO4/c1-3-21-14(19)12(15(20)22-4-2)10-7-18-13-9(10)5-8(16)6-11(13)17/h5-7,12,18H,3-4H2,1-2H3. The molecule has 0 aliphatic heterocycles. The first kappa shape index (κ1) is 17.0. The molecule has 0 radical (unpaired) electrons. The Labute approximate surface area is 144 Å². The molecule has 0 atom stereocenters. The first-order valence-corrected chi connectivity index (χ1v) is 8.37. The molecule has 0 saturated heterocycles. The molecule has 0 bridgehead atoms. The van der Waals surface area contributed by atoms with Gasteiger partial charge in [0.2, 0.25) is 0 Å². The number of fused-ring (bicyclic) bond motifs is 1. The maximum atomic E-state index is 12.2. The van der Waals surface area contributed by atoms with Crippen molar-refractivity contribution in [3.05, 3.63) is 32.8 Å². The second-order valence-electron chi connectivity index (χ2n) is 4.49. The molecule has 0 aliphatic rings. The van der Waals surface area contributed by atoms with Gasteiger partial charge < -0.3 is 14.5 Å². The highest BCUT2D eigenvalue weighted by Gasteiger charge is 2.33. The Kier molecular flexibility index (Phi) is 5.63. The third-order valence-electron chi connectivity index (χ3n) is 3.09. The van der Waals surface area contributed by atoms with Crippen molar-refractivity contribution in [2.24, 2.45) is 0 Å². The number of aromatic amines is 1. The lowest BCUT2D eigenvalue weighted by Crippen LogP contribution is -2.26. The van der Waals surface area contributed by atoms with Crippen LogP contribution in [0.25, 0.3) is 10.9 Å². The Morgan fingerprint density at radius 3 is 2.27 bits per heavy atom. The van der Waals surface area contributed by atoms with Crippen LogP contribution in [0.1, 0.15) is 25.3 Å². The van der Waals surface area contributed by atoms with E-state index in [0.717, 1.165) is 19.8 Å². The molecular formula is C15H15Br2NO4. The highest BCUT2D eigenvalue weighted by atomic mass is 79.9. The predicted molar refractivity (Wildman–Crippen MR) is 89.7 cm³/mol. The maximum Gasteiger partial charge on any atom is 0.324 e. The van der Waals surface area contributed by atoms with Gasteiger partial charge in [0.05, 0.1) is 18.7 Å². The maximum absolute atomic E-state index is 12.2. The third kappa shape index (κ3) is 3.35. The lowest BCUT2D eigenvalue weighted by molar-refractivity contribution is -0.156. The Bertz CT molecular complexity index is 693. The summed E-state index contributed by atoms with van der Waals surface area (Å²) in [5, 5.41) is 0.757. The van der Waals surface area contributed by atoms with Crippen LogP contribution >= 0.6 is 31.9 Å². The summed E-state index contributed by atoms with van der Waals surface area (Å²) < 4.78 is 11.7. The van der Waals surface area contributed by atoms with Crippen molar-refractivity contribution in [3.63, 3.8) is 0 Å². The predicted octanol–water partition coefficient (Wildman–Crippen LogP) is 3.90. The van der Waals surface area contributed by atoms with Crippen LogP contribution in [0.4, 0.5) is 0 Å². The highest BCUT2D eigenvalue weighted by Crippen LogP contribution is 2.34. The van der Waals surface area contributed by atoms with E-state index in [0.29, 0.717) is 5.56 Å². The summed E-state index contributed by atoms with van der Waals surface area (Å²) in [7, 11) is 0. The highest BCUT2D eigenvalue weighted by molar-refractivity contribution is 9.11. The number of ether oxygens (including phenoxy) is 2. The summed E-state index contributed by atoms with van der Waals surface area (Å²) in [6, 6.07) is 3.73. The van der Waals surface area contributed by atoms with E-state index in [1.807, 2.05) is 12.1 Å². The molecule has 22 heavy (non-hydrogen) atoms. The van der Waals surface area contributed by atoms with Gasteiger partial charge in [0.1, 0.15) is 0 Å². The molecule has 2 rings (SSSR count). The van der Waals surface area contributed by atoms with Gasteiger partial charge in [0, 0.05) is 26.1 Å². The summed E-state index contributed by atoms with van der Waals surface area (Å²) in [6.07, 6.45) is 1.64. The Morgan fingerprint density at radius 2 is 1.73 bits per heavy atom. The van der Waals surface area contributed by atoms with Gasteiger partial charge in [-0.1, -0.05) is 15.9 Å². The Morgan fingerprint density at radius 1 is 1.14 bits per heavy atom. The minimum atomic E-state index is -1.10. The number of hydrogen-bond acceptors (Lipinski definition) is 4. The van der Waals surface area contributed by atoms with Crippen molar-refractivity contribution in [2.45, 2.75) is 19.8 Å². The van der Waals surface area contributed by atoms with Crippen molar-refractivity contribution < 1.29 is 19.1 Å². The van der Waals surface area contributed by atoms with E-state index in [1.54, 1.807) is 20.0 Å². The SMILES string of the molecule is CCOC(=O)C(C(=O)OCC)c1c[nH]c2c(Br)cc(Br)cc12. The molecule has 0 unspecified atom stereocenters. The van der Waals surface area contributed by atoms with Crippen LogP contribution in [-0.2, 0) is 19.1 Å². The molecule has 1 N–H and O–H groups in total. The van der Waals surface area contributed by atoms with E-state index in [9.17, 15) is 9.59 Å². The second kappa shape index (κ2) is 7.28. The average molecular weight is 433 g/mol. The summed E-state index contributed by atoms with van der Waals surface area (Å²) in [4.78, 5) is 27.5. The number of rotatable bonds is 5. The van der Waals surface area contributed by atoms with Crippen molar-refractivity contribution in [2.75, 3.05) is 13.2 Å². The number of esters is 2. The Balaban J connectivity index is 2.56. The van der Waals surface area contributed by atoms with Gasteiger partial charge in [-0.3, -0.25) is 9.59 Å². The van der Waals surface area contributed by atoms with Crippen molar-refractivity contribution in [1.29, 1.82) is 0 Å². The largest absolute Gasteiger partial charge is 0.465 e. The summed E-state index contributed by atoms with van der Waals surface area (Å²) in [5.74, 6) is -2.33. The minimum absolute atomic E-state index is 0.199. The van der Waals surface area contributed by atoms with Crippen LogP contribution in [0.15, 0.2) is 27.3 Å². The normalized spacial score (nSPS) is 11.0. The molecule has 7 heteroatoms. The number of carbonyl (C=O) groups excluding carboxylic acids is 2. The molecule has 5 nitrogen and oxygen atoms in total. The van der Waals surface area contributed by atoms with Crippen LogP contribution in [0, 0.1) is 0 Å². The molecule has 0 spiro atoms. The average Bonchev–Trinajstić information content (AvgIpc) is 2.84. The van der Waals surface area contributed by atoms with E-state index >= 15 is 0 Å². The number of hydrogen-bond donors (Lipinski definition) is 1.